The summed E-state index contributed by atoms with van der Waals surface area (Å²) in [4.78, 5) is 26.6. The van der Waals surface area contributed by atoms with E-state index in [-0.39, 0.29) is 52.2 Å². The fraction of sp³-hybridized carbons (Fsp3) is 0.333. The molecule has 2 aliphatic heterocycles. The summed E-state index contributed by atoms with van der Waals surface area (Å²) >= 11 is 7.84. The van der Waals surface area contributed by atoms with Crippen LogP contribution in [-0.2, 0) is 20.7 Å². The number of fused-ring (bicyclic) bond motifs is 2. The van der Waals surface area contributed by atoms with E-state index in [1.807, 2.05) is 36.4 Å². The van der Waals surface area contributed by atoms with Gasteiger partial charge in [0.15, 0.2) is 0 Å². The quantitative estimate of drug-likeness (QED) is 0.370. The van der Waals surface area contributed by atoms with Gasteiger partial charge in [-0.1, -0.05) is 42.0 Å². The van der Waals surface area contributed by atoms with Crippen molar-refractivity contribution in [1.29, 1.82) is 0 Å². The van der Waals surface area contributed by atoms with Crippen LogP contribution in [0.5, 0.6) is 11.5 Å². The highest BCUT2D eigenvalue weighted by Crippen LogP contribution is 2.41. The van der Waals surface area contributed by atoms with Crippen molar-refractivity contribution in [2.75, 3.05) is 0 Å². The molecule has 2 aromatic rings. The van der Waals surface area contributed by atoms with E-state index >= 15 is 0 Å². The maximum Gasteiger partial charge on any atom is 0.342 e. The first-order chi connectivity index (χ1) is 15.3. The van der Waals surface area contributed by atoms with Gasteiger partial charge in [-0.2, -0.15) is 0 Å². The van der Waals surface area contributed by atoms with Crippen LogP contribution in [0, 0.1) is 0 Å². The van der Waals surface area contributed by atoms with Crippen molar-refractivity contribution in [1.82, 2.24) is 0 Å². The van der Waals surface area contributed by atoms with Crippen LogP contribution in [0.4, 0.5) is 0 Å². The van der Waals surface area contributed by atoms with Crippen LogP contribution < -0.4 is 0 Å². The van der Waals surface area contributed by atoms with Crippen molar-refractivity contribution in [3.05, 3.63) is 64.7 Å². The van der Waals surface area contributed by atoms with Crippen LogP contribution in [0.25, 0.3) is 0 Å². The second-order valence-corrected chi connectivity index (χ2v) is 9.55. The number of phenols is 2. The Bertz CT molecular complexity index is 1050. The fourth-order valence-electron chi connectivity index (χ4n) is 3.80. The van der Waals surface area contributed by atoms with Gasteiger partial charge < -0.3 is 19.7 Å². The van der Waals surface area contributed by atoms with E-state index in [2.05, 4.69) is 0 Å². The van der Waals surface area contributed by atoms with Crippen LogP contribution >= 0.6 is 23.4 Å². The van der Waals surface area contributed by atoms with Gasteiger partial charge in [0.1, 0.15) is 28.9 Å². The molecule has 1 fully saturated rings. The maximum atomic E-state index is 12.8. The van der Waals surface area contributed by atoms with Gasteiger partial charge in [0.25, 0.3) is 0 Å². The molecule has 0 aliphatic carbocycles. The van der Waals surface area contributed by atoms with Gasteiger partial charge >= 0.3 is 5.97 Å². The summed E-state index contributed by atoms with van der Waals surface area (Å²) in [5.74, 6) is -1.89. The maximum absolute atomic E-state index is 12.8. The Balaban J connectivity index is 1.63. The lowest BCUT2D eigenvalue weighted by Gasteiger charge is -2.17. The van der Waals surface area contributed by atoms with Gasteiger partial charge in [-0.05, 0) is 19.1 Å². The first-order valence-corrected chi connectivity index (χ1v) is 11.6. The van der Waals surface area contributed by atoms with Gasteiger partial charge in [0, 0.05) is 35.8 Å². The number of Topliss-reactive ketones (excluding diaryl/α,β-unsaturated/α-hetero) is 1. The number of ketones is 1. The number of carbonyl (C=O) groups is 2. The zero-order valence-corrected chi connectivity index (χ0v) is 18.9. The normalized spacial score (nSPS) is 26.9. The number of rotatable bonds is 2. The van der Waals surface area contributed by atoms with Crippen LogP contribution in [0.15, 0.2) is 53.4 Å². The number of ether oxygens (including phenoxy) is 2. The first-order valence-electron chi connectivity index (χ1n) is 10.3. The number of aromatic hydroxyl groups is 2. The molecular formula is C24H23ClO6S. The van der Waals surface area contributed by atoms with E-state index < -0.39 is 23.6 Å². The van der Waals surface area contributed by atoms with Crippen molar-refractivity contribution < 1.29 is 29.3 Å². The summed E-state index contributed by atoms with van der Waals surface area (Å²) in [5.41, 5.74) is -0.132. The molecule has 2 aromatic carbocycles. The average Bonchev–Trinajstić information content (AvgIpc) is 3.49. The molecule has 0 aromatic heterocycles. The van der Waals surface area contributed by atoms with Crippen LogP contribution in [0.1, 0.15) is 35.7 Å². The largest absolute Gasteiger partial charge is 0.507 e. The standard InChI is InChI=1S/C24H23ClO6S/c1-13-10-19-23(31-19)20(32-15-7-3-2-4-8-15)9-5-6-14(26)11-16-21(24(29)30-13)17(27)12-18(28)22(16)25/h2-5,7-9,12-13,19-20,23,27-28H,6,10-11H2,1H3/b9-5+/t13-,19+,20-,23-/m1/s1. The summed E-state index contributed by atoms with van der Waals surface area (Å²) in [6.45, 7) is 1.75. The van der Waals surface area contributed by atoms with Gasteiger partial charge in [0.05, 0.1) is 22.5 Å². The Morgan fingerprint density at radius 1 is 1.12 bits per heavy atom. The third-order valence-electron chi connectivity index (χ3n) is 5.40. The average molecular weight is 475 g/mol. The number of hydrogen-bond donors (Lipinski definition) is 2. The van der Waals surface area contributed by atoms with E-state index in [1.54, 1.807) is 24.8 Å². The molecule has 4 rings (SSSR count). The van der Waals surface area contributed by atoms with E-state index in [0.29, 0.717) is 6.42 Å². The third-order valence-corrected chi connectivity index (χ3v) is 7.07. The highest BCUT2D eigenvalue weighted by molar-refractivity contribution is 8.00. The van der Waals surface area contributed by atoms with Crippen molar-refractivity contribution in [3.63, 3.8) is 0 Å². The summed E-state index contributed by atoms with van der Waals surface area (Å²) in [6, 6.07) is 10.9. The molecule has 168 valence electrons. The van der Waals surface area contributed by atoms with E-state index in [9.17, 15) is 19.8 Å². The summed E-state index contributed by atoms with van der Waals surface area (Å²) < 4.78 is 11.4. The minimum atomic E-state index is -0.792. The Morgan fingerprint density at radius 2 is 1.88 bits per heavy atom. The minimum absolute atomic E-state index is 0.00463. The Morgan fingerprint density at radius 3 is 2.62 bits per heavy atom. The van der Waals surface area contributed by atoms with Gasteiger partial charge in [-0.15, -0.1) is 11.8 Å². The van der Waals surface area contributed by atoms with Gasteiger partial charge in [-0.25, -0.2) is 4.79 Å². The molecule has 0 amide bonds. The van der Waals surface area contributed by atoms with E-state index in [4.69, 9.17) is 21.1 Å². The number of benzene rings is 2. The first kappa shape index (κ1) is 22.7. The van der Waals surface area contributed by atoms with E-state index in [0.717, 1.165) is 11.0 Å². The highest BCUT2D eigenvalue weighted by atomic mass is 35.5. The zero-order chi connectivity index (χ0) is 22.8. The smallest absolute Gasteiger partial charge is 0.342 e. The fourth-order valence-corrected chi connectivity index (χ4v) is 5.21. The molecule has 4 atom stereocenters. The number of halogens is 1. The minimum Gasteiger partial charge on any atom is -0.507 e. The van der Waals surface area contributed by atoms with Crippen molar-refractivity contribution in [2.45, 2.75) is 54.6 Å². The highest BCUT2D eigenvalue weighted by Gasteiger charge is 2.45. The molecular weight excluding hydrogens is 452 g/mol. The molecule has 6 nitrogen and oxygen atoms in total. The number of epoxide rings is 1. The molecule has 2 aliphatic rings. The number of carbonyl (C=O) groups excluding carboxylic acids is 2. The SMILES string of the molecule is C[C@@H]1C[C@@H]2O[C@H]2[C@H](Sc2ccccc2)/C=C/CC(=O)Cc2c(Cl)c(O)cc(O)c2C(=O)O1. The Kier molecular flexibility index (Phi) is 6.79. The van der Waals surface area contributed by atoms with Crippen LogP contribution in [0.3, 0.4) is 0 Å². The lowest BCUT2D eigenvalue weighted by molar-refractivity contribution is -0.117. The molecule has 8 heteroatoms. The second kappa shape index (κ2) is 9.57. The van der Waals surface area contributed by atoms with Crippen molar-refractivity contribution >= 4 is 35.1 Å². The van der Waals surface area contributed by atoms with Gasteiger partial charge in [-0.3, -0.25) is 4.79 Å². The molecule has 2 heterocycles. The Labute approximate surface area is 195 Å². The number of allylic oxidation sites excluding steroid dienone is 1. The number of esters is 1. The lowest BCUT2D eigenvalue weighted by Crippen LogP contribution is -2.21. The predicted molar refractivity (Wildman–Crippen MR) is 121 cm³/mol. The Hall–Kier alpha value is -2.48. The van der Waals surface area contributed by atoms with Crippen molar-refractivity contribution in [2.24, 2.45) is 0 Å². The molecule has 0 spiro atoms. The van der Waals surface area contributed by atoms with Crippen LogP contribution in [-0.4, -0.2) is 45.5 Å². The zero-order valence-electron chi connectivity index (χ0n) is 17.4. The molecule has 0 saturated carbocycles. The second-order valence-electron chi connectivity index (χ2n) is 7.92. The topological polar surface area (TPSA) is 96.4 Å². The monoisotopic (exact) mass is 474 g/mol. The lowest BCUT2D eigenvalue weighted by atomic mass is 9.98. The molecule has 0 bridgehead atoms. The van der Waals surface area contributed by atoms with Crippen molar-refractivity contribution in [3.8, 4) is 11.5 Å². The summed E-state index contributed by atoms with van der Waals surface area (Å²) in [5, 5.41) is 20.1. The molecule has 1 saturated heterocycles. The molecule has 32 heavy (non-hydrogen) atoms. The number of cyclic esters (lactones) is 1. The molecule has 2 N–H and O–H groups in total. The third kappa shape index (κ3) is 5.11. The predicted octanol–water partition coefficient (Wildman–Crippen LogP) is 4.69. The molecule has 0 unspecified atom stereocenters. The summed E-state index contributed by atoms with van der Waals surface area (Å²) in [7, 11) is 0. The number of phenolic OH excluding ortho intramolecular Hbond substituents is 2. The van der Waals surface area contributed by atoms with Gasteiger partial charge in [0.2, 0.25) is 0 Å². The number of hydrogen-bond acceptors (Lipinski definition) is 7. The van der Waals surface area contributed by atoms with Crippen LogP contribution in [0.2, 0.25) is 5.02 Å². The molecule has 0 radical (unpaired) electrons. The number of thioether (sulfide) groups is 1. The summed E-state index contributed by atoms with van der Waals surface area (Å²) in [6.07, 6.45) is 3.54. The van der Waals surface area contributed by atoms with E-state index in [1.165, 1.54) is 0 Å².